The third-order valence-corrected chi connectivity index (χ3v) is 4.88. The Balaban J connectivity index is 1.60. The minimum Gasteiger partial charge on any atom is -0.496 e. The number of ether oxygens (including phenoxy) is 1. The fourth-order valence-electron chi connectivity index (χ4n) is 2.48. The van der Waals surface area contributed by atoms with Gasteiger partial charge in [-0.2, -0.15) is 5.10 Å². The molecule has 1 heterocycles. The number of carbonyl (C=O) groups is 1. The Morgan fingerprint density at radius 3 is 2.75 bits per heavy atom. The van der Waals surface area contributed by atoms with Gasteiger partial charge in [0.15, 0.2) is 0 Å². The number of amides is 1. The summed E-state index contributed by atoms with van der Waals surface area (Å²) in [6.07, 6.45) is 3.22. The molecule has 0 saturated carbocycles. The van der Waals surface area contributed by atoms with Gasteiger partial charge in [0.1, 0.15) is 17.3 Å². The first-order valence-corrected chi connectivity index (χ1v) is 9.67. The molecule has 0 radical (unpaired) electrons. The molecule has 1 aromatic heterocycles. The third-order valence-electron chi connectivity index (χ3n) is 3.87. The molecule has 0 aliphatic heterocycles. The van der Waals surface area contributed by atoms with Crippen LogP contribution in [0.25, 0.3) is 0 Å². The third kappa shape index (κ3) is 5.47. The molecule has 0 bridgehead atoms. The summed E-state index contributed by atoms with van der Waals surface area (Å²) in [4.78, 5) is 12.0. The van der Waals surface area contributed by atoms with Crippen LogP contribution >= 0.6 is 11.8 Å². The second-order valence-electron chi connectivity index (χ2n) is 5.85. The van der Waals surface area contributed by atoms with E-state index in [1.807, 2.05) is 30.3 Å². The van der Waals surface area contributed by atoms with Crippen molar-refractivity contribution in [3.05, 3.63) is 89.1 Å². The summed E-state index contributed by atoms with van der Waals surface area (Å²) in [5.41, 5.74) is 4.62. The molecule has 7 heteroatoms. The molecule has 0 spiro atoms. The number of benzene rings is 2. The number of carbonyl (C=O) groups excluding carboxylic acids is 1. The molecule has 1 N–H and O–H groups in total. The zero-order valence-electron chi connectivity index (χ0n) is 15.2. The SMILES string of the molecule is COc1ccc(/C=N/NC(=O)c2ccc(F)cc2)cc1CSCc1ccco1. The van der Waals surface area contributed by atoms with Crippen molar-refractivity contribution in [2.24, 2.45) is 5.10 Å². The molecule has 28 heavy (non-hydrogen) atoms. The summed E-state index contributed by atoms with van der Waals surface area (Å²) in [6.45, 7) is 0. The maximum absolute atomic E-state index is 12.9. The standard InChI is InChI=1S/C21H19FN2O3S/c1-26-20-9-4-15(11-17(20)13-28-14-19-3-2-10-27-19)12-23-24-21(25)16-5-7-18(22)8-6-16/h2-12H,13-14H2,1H3,(H,24,25)/b23-12+. The van der Waals surface area contributed by atoms with Gasteiger partial charge in [0.2, 0.25) is 0 Å². The quantitative estimate of drug-likeness (QED) is 0.444. The van der Waals surface area contributed by atoms with Gasteiger partial charge in [-0.1, -0.05) is 0 Å². The summed E-state index contributed by atoms with van der Waals surface area (Å²) >= 11 is 1.71. The fourth-order valence-corrected chi connectivity index (χ4v) is 3.39. The van der Waals surface area contributed by atoms with Crippen molar-refractivity contribution in [2.45, 2.75) is 11.5 Å². The lowest BCUT2D eigenvalue weighted by molar-refractivity contribution is 0.0955. The number of halogens is 1. The van der Waals surface area contributed by atoms with Crippen LogP contribution in [0.5, 0.6) is 5.75 Å². The van der Waals surface area contributed by atoms with Crippen molar-refractivity contribution in [2.75, 3.05) is 7.11 Å². The van der Waals surface area contributed by atoms with Crippen LogP contribution in [0.15, 0.2) is 70.4 Å². The van der Waals surface area contributed by atoms with Crippen LogP contribution in [-0.2, 0) is 11.5 Å². The average Bonchev–Trinajstić information content (AvgIpc) is 3.22. The first kappa shape index (κ1) is 19.7. The van der Waals surface area contributed by atoms with Gasteiger partial charge in [-0.15, -0.1) is 11.8 Å². The van der Waals surface area contributed by atoms with Crippen molar-refractivity contribution in [1.82, 2.24) is 5.43 Å². The van der Waals surface area contributed by atoms with E-state index in [0.717, 1.165) is 34.1 Å². The normalized spacial score (nSPS) is 10.9. The highest BCUT2D eigenvalue weighted by molar-refractivity contribution is 7.97. The summed E-state index contributed by atoms with van der Waals surface area (Å²) in [5.74, 6) is 2.43. The molecule has 0 atom stereocenters. The van der Waals surface area contributed by atoms with Crippen LogP contribution in [0.3, 0.4) is 0 Å². The number of rotatable bonds is 8. The van der Waals surface area contributed by atoms with E-state index in [1.165, 1.54) is 24.3 Å². The summed E-state index contributed by atoms with van der Waals surface area (Å²) in [7, 11) is 1.63. The summed E-state index contributed by atoms with van der Waals surface area (Å²) < 4.78 is 23.7. The number of nitrogens with zero attached hydrogens (tertiary/aromatic N) is 1. The molecular formula is C21H19FN2O3S. The molecule has 0 fully saturated rings. The van der Waals surface area contributed by atoms with Crippen molar-refractivity contribution in [1.29, 1.82) is 0 Å². The van der Waals surface area contributed by atoms with Gasteiger partial charge in [0, 0.05) is 16.9 Å². The van der Waals surface area contributed by atoms with E-state index in [0.29, 0.717) is 5.56 Å². The number of thioether (sulfide) groups is 1. The van der Waals surface area contributed by atoms with Crippen molar-refractivity contribution < 1.29 is 18.3 Å². The zero-order valence-corrected chi connectivity index (χ0v) is 16.0. The van der Waals surface area contributed by atoms with Crippen molar-refractivity contribution in [3.63, 3.8) is 0 Å². The van der Waals surface area contributed by atoms with Gasteiger partial charge in [-0.3, -0.25) is 4.79 Å². The van der Waals surface area contributed by atoms with E-state index >= 15 is 0 Å². The molecular weight excluding hydrogens is 379 g/mol. The van der Waals surface area contributed by atoms with Gasteiger partial charge < -0.3 is 9.15 Å². The average molecular weight is 398 g/mol. The van der Waals surface area contributed by atoms with Crippen LogP contribution in [0, 0.1) is 5.82 Å². The van der Waals surface area contributed by atoms with E-state index in [9.17, 15) is 9.18 Å². The Labute approximate surface area is 166 Å². The van der Waals surface area contributed by atoms with Gasteiger partial charge >= 0.3 is 0 Å². The Kier molecular flexibility index (Phi) is 6.86. The Bertz CT molecular complexity index is 941. The van der Waals surface area contributed by atoms with Crippen molar-refractivity contribution in [3.8, 4) is 5.75 Å². The smallest absolute Gasteiger partial charge is 0.271 e. The Morgan fingerprint density at radius 1 is 1.21 bits per heavy atom. The largest absolute Gasteiger partial charge is 0.496 e. The first-order chi connectivity index (χ1) is 13.7. The first-order valence-electron chi connectivity index (χ1n) is 8.51. The fraction of sp³-hybridized carbons (Fsp3) is 0.143. The maximum atomic E-state index is 12.9. The number of hydrogen-bond acceptors (Lipinski definition) is 5. The molecule has 5 nitrogen and oxygen atoms in total. The lowest BCUT2D eigenvalue weighted by atomic mass is 10.1. The molecule has 3 rings (SSSR count). The van der Waals surface area contributed by atoms with Crippen LogP contribution in [0.2, 0.25) is 0 Å². The highest BCUT2D eigenvalue weighted by Crippen LogP contribution is 2.26. The van der Waals surface area contributed by atoms with E-state index in [2.05, 4.69) is 10.5 Å². The Morgan fingerprint density at radius 2 is 2.04 bits per heavy atom. The van der Waals surface area contributed by atoms with Gasteiger partial charge in [0.05, 0.1) is 25.3 Å². The molecule has 3 aromatic rings. The predicted octanol–water partition coefficient (Wildman–Crippen LogP) is 4.62. The number of methoxy groups -OCH3 is 1. The van der Waals surface area contributed by atoms with E-state index in [4.69, 9.17) is 9.15 Å². The van der Waals surface area contributed by atoms with E-state index in [-0.39, 0.29) is 0 Å². The minimum absolute atomic E-state index is 0.336. The highest BCUT2D eigenvalue weighted by atomic mass is 32.2. The molecule has 0 saturated heterocycles. The topological polar surface area (TPSA) is 63.8 Å². The predicted molar refractivity (Wildman–Crippen MR) is 108 cm³/mol. The molecule has 144 valence electrons. The van der Waals surface area contributed by atoms with Gasteiger partial charge in [-0.05, 0) is 60.2 Å². The Hall–Kier alpha value is -3.06. The molecule has 0 unspecified atom stereocenters. The molecule has 0 aliphatic carbocycles. The van der Waals surface area contributed by atoms with Crippen LogP contribution < -0.4 is 10.2 Å². The minimum atomic E-state index is -0.404. The summed E-state index contributed by atoms with van der Waals surface area (Å²) in [5, 5.41) is 3.98. The van der Waals surface area contributed by atoms with Gasteiger partial charge in [-0.25, -0.2) is 9.82 Å². The number of nitrogens with one attached hydrogen (secondary N) is 1. The van der Waals surface area contributed by atoms with Gasteiger partial charge in [0.25, 0.3) is 5.91 Å². The molecule has 0 aliphatic rings. The monoisotopic (exact) mass is 398 g/mol. The number of furan rings is 1. The van der Waals surface area contributed by atoms with Crippen LogP contribution in [0.4, 0.5) is 4.39 Å². The molecule has 2 aromatic carbocycles. The second kappa shape index (κ2) is 9.75. The maximum Gasteiger partial charge on any atom is 0.271 e. The van der Waals surface area contributed by atoms with Crippen LogP contribution in [0.1, 0.15) is 27.2 Å². The van der Waals surface area contributed by atoms with Crippen molar-refractivity contribution >= 4 is 23.9 Å². The summed E-state index contributed by atoms with van der Waals surface area (Å²) in [6, 6.07) is 14.8. The molecule has 1 amide bonds. The van der Waals surface area contributed by atoms with E-state index < -0.39 is 11.7 Å². The van der Waals surface area contributed by atoms with Crippen LogP contribution in [-0.4, -0.2) is 19.2 Å². The van der Waals surface area contributed by atoms with E-state index in [1.54, 1.807) is 31.3 Å². The number of hydrazone groups is 1. The second-order valence-corrected chi connectivity index (χ2v) is 6.84. The zero-order chi connectivity index (χ0) is 19.8. The number of hydrogen-bond donors (Lipinski definition) is 1. The lowest BCUT2D eigenvalue weighted by Crippen LogP contribution is -2.17. The lowest BCUT2D eigenvalue weighted by Gasteiger charge is -2.09. The highest BCUT2D eigenvalue weighted by Gasteiger charge is 2.06.